The Hall–Kier alpha value is -3.39. The lowest BCUT2D eigenvalue weighted by Crippen LogP contribution is -2.44. The van der Waals surface area contributed by atoms with E-state index in [0.717, 1.165) is 37.6 Å². The summed E-state index contributed by atoms with van der Waals surface area (Å²) in [6, 6.07) is 13.2. The largest absolute Gasteiger partial charge is 0.338 e. The van der Waals surface area contributed by atoms with Crippen molar-refractivity contribution in [1.29, 1.82) is 0 Å². The highest BCUT2D eigenvalue weighted by atomic mass is 16.1. The Morgan fingerprint density at radius 1 is 1.10 bits per heavy atom. The maximum atomic E-state index is 12.7. The first-order valence-corrected chi connectivity index (χ1v) is 10.2. The number of piperazine rings is 1. The van der Waals surface area contributed by atoms with E-state index in [1.165, 1.54) is 0 Å². The topological polar surface area (TPSA) is 95.9 Å². The van der Waals surface area contributed by atoms with E-state index in [9.17, 15) is 4.79 Å². The number of nitrogens with one attached hydrogen (secondary N) is 2. The summed E-state index contributed by atoms with van der Waals surface area (Å²) in [6.07, 6.45) is 2.68. The Morgan fingerprint density at radius 3 is 2.67 bits per heavy atom. The van der Waals surface area contributed by atoms with Crippen LogP contribution < -0.4 is 15.5 Å². The minimum Gasteiger partial charge on any atom is -0.338 e. The van der Waals surface area contributed by atoms with Gasteiger partial charge in [-0.2, -0.15) is 15.0 Å². The summed E-state index contributed by atoms with van der Waals surface area (Å²) < 4.78 is 0. The lowest BCUT2D eigenvalue weighted by molar-refractivity contribution is 0.0993. The van der Waals surface area contributed by atoms with Gasteiger partial charge < -0.3 is 15.5 Å². The maximum Gasteiger partial charge on any atom is 0.233 e. The number of anilines is 3. The minimum absolute atomic E-state index is 0.0399. The van der Waals surface area contributed by atoms with Crippen molar-refractivity contribution in [3.8, 4) is 0 Å². The molecule has 8 heteroatoms. The zero-order valence-corrected chi connectivity index (χ0v) is 17.0. The molecule has 154 valence electrons. The fourth-order valence-corrected chi connectivity index (χ4v) is 3.30. The van der Waals surface area contributed by atoms with Gasteiger partial charge in [-0.05, 0) is 17.7 Å². The molecule has 0 spiro atoms. The van der Waals surface area contributed by atoms with Crippen LogP contribution in [-0.2, 0) is 12.8 Å². The summed E-state index contributed by atoms with van der Waals surface area (Å²) in [5.74, 6) is 2.40. The molecule has 2 aromatic heterocycles. The van der Waals surface area contributed by atoms with Crippen molar-refractivity contribution in [3.63, 3.8) is 0 Å². The van der Waals surface area contributed by atoms with E-state index in [2.05, 4.69) is 35.5 Å². The number of carbonyl (C=O) groups is 1. The lowest BCUT2D eigenvalue weighted by atomic mass is 10.0. The summed E-state index contributed by atoms with van der Waals surface area (Å²) in [5.41, 5.74) is 1.59. The van der Waals surface area contributed by atoms with Crippen LogP contribution in [0.2, 0.25) is 0 Å². The fraction of sp³-hybridized carbons (Fsp3) is 0.318. The van der Waals surface area contributed by atoms with Crippen molar-refractivity contribution < 1.29 is 4.79 Å². The molecule has 0 saturated carbocycles. The van der Waals surface area contributed by atoms with E-state index in [-0.39, 0.29) is 5.78 Å². The predicted molar refractivity (Wildman–Crippen MR) is 116 cm³/mol. The molecule has 0 atom stereocenters. The van der Waals surface area contributed by atoms with Crippen molar-refractivity contribution in [2.45, 2.75) is 19.8 Å². The third-order valence-corrected chi connectivity index (χ3v) is 4.92. The molecule has 1 fully saturated rings. The number of nitrogens with zero attached hydrogens (tertiary/aromatic N) is 5. The molecule has 0 bridgehead atoms. The lowest BCUT2D eigenvalue weighted by Gasteiger charge is -2.27. The number of rotatable bonds is 7. The Morgan fingerprint density at radius 2 is 1.90 bits per heavy atom. The second-order valence-corrected chi connectivity index (χ2v) is 7.11. The van der Waals surface area contributed by atoms with Gasteiger partial charge in [0, 0.05) is 50.8 Å². The molecule has 2 N–H and O–H groups in total. The van der Waals surface area contributed by atoms with Crippen LogP contribution in [0.15, 0.2) is 48.7 Å². The van der Waals surface area contributed by atoms with Crippen LogP contribution in [0.25, 0.3) is 0 Å². The Labute approximate surface area is 175 Å². The molecular weight excluding hydrogens is 378 g/mol. The summed E-state index contributed by atoms with van der Waals surface area (Å²) in [7, 11) is 0. The third-order valence-electron chi connectivity index (χ3n) is 4.92. The van der Waals surface area contributed by atoms with Crippen LogP contribution in [0, 0.1) is 0 Å². The number of aromatic nitrogens is 4. The molecular formula is C22H25N7O. The van der Waals surface area contributed by atoms with Gasteiger partial charge in [-0.3, -0.25) is 4.79 Å². The summed E-state index contributed by atoms with van der Waals surface area (Å²) >= 11 is 0. The molecule has 3 heterocycles. The van der Waals surface area contributed by atoms with Gasteiger partial charge >= 0.3 is 0 Å². The summed E-state index contributed by atoms with van der Waals surface area (Å²) in [4.78, 5) is 32.8. The molecule has 8 nitrogen and oxygen atoms in total. The van der Waals surface area contributed by atoms with E-state index < -0.39 is 0 Å². The van der Waals surface area contributed by atoms with E-state index in [4.69, 9.17) is 0 Å². The van der Waals surface area contributed by atoms with Gasteiger partial charge in [-0.25, -0.2) is 4.98 Å². The number of hydrogen-bond donors (Lipinski definition) is 2. The monoisotopic (exact) mass is 403 g/mol. The SMILES string of the molecule is CCc1nc(Nc2cc(C(=O)Cc3ccccc3)ccn2)nc(N2CCNCC2)n1. The molecule has 1 aliphatic heterocycles. The van der Waals surface area contributed by atoms with Gasteiger partial charge in [0.2, 0.25) is 11.9 Å². The van der Waals surface area contributed by atoms with Gasteiger partial charge in [0.25, 0.3) is 0 Å². The van der Waals surface area contributed by atoms with E-state index >= 15 is 0 Å². The molecule has 1 aliphatic rings. The zero-order chi connectivity index (χ0) is 20.8. The van der Waals surface area contributed by atoms with Gasteiger partial charge in [0.1, 0.15) is 11.6 Å². The summed E-state index contributed by atoms with van der Waals surface area (Å²) in [6.45, 7) is 5.54. The zero-order valence-electron chi connectivity index (χ0n) is 17.0. The van der Waals surface area contributed by atoms with Crippen molar-refractivity contribution in [3.05, 3.63) is 65.6 Å². The molecule has 0 radical (unpaired) electrons. The molecule has 1 aromatic carbocycles. The quantitative estimate of drug-likeness (QED) is 0.581. The van der Waals surface area contributed by atoms with Crippen molar-refractivity contribution in [1.82, 2.24) is 25.3 Å². The Bertz CT molecular complexity index is 1000. The number of pyridine rings is 1. The number of ketones is 1. The van der Waals surface area contributed by atoms with Crippen LogP contribution in [0.1, 0.15) is 28.7 Å². The molecule has 1 saturated heterocycles. The Balaban J connectivity index is 1.52. The number of benzene rings is 1. The average Bonchev–Trinajstić information content (AvgIpc) is 2.80. The number of Topliss-reactive ketones (excluding diaryl/α,β-unsaturated/α-hetero) is 1. The average molecular weight is 403 g/mol. The van der Waals surface area contributed by atoms with Crippen molar-refractivity contribution in [2.24, 2.45) is 0 Å². The van der Waals surface area contributed by atoms with Crippen LogP contribution in [-0.4, -0.2) is 51.9 Å². The highest BCUT2D eigenvalue weighted by molar-refractivity contribution is 5.98. The second-order valence-electron chi connectivity index (χ2n) is 7.11. The van der Waals surface area contributed by atoms with Crippen molar-refractivity contribution >= 4 is 23.5 Å². The van der Waals surface area contributed by atoms with Crippen molar-refractivity contribution in [2.75, 3.05) is 36.4 Å². The molecule has 4 rings (SSSR count). The standard InChI is InChI=1S/C22H25N7O/c1-2-19-25-21(28-22(27-19)29-12-10-23-11-13-29)26-20-15-17(8-9-24-20)18(30)14-16-6-4-3-5-7-16/h3-9,15,23H,2,10-14H2,1H3,(H,24,25,26,27,28). The van der Waals surface area contributed by atoms with Gasteiger partial charge in [-0.15, -0.1) is 0 Å². The van der Waals surface area contributed by atoms with E-state index in [1.807, 2.05) is 37.3 Å². The normalized spacial score (nSPS) is 13.8. The fourth-order valence-electron chi connectivity index (χ4n) is 3.30. The Kier molecular flexibility index (Phi) is 6.24. The minimum atomic E-state index is 0.0399. The van der Waals surface area contributed by atoms with Crippen LogP contribution in [0.3, 0.4) is 0 Å². The van der Waals surface area contributed by atoms with E-state index in [1.54, 1.807) is 18.3 Å². The number of hydrogen-bond acceptors (Lipinski definition) is 8. The third kappa shape index (κ3) is 4.96. The van der Waals surface area contributed by atoms with Crippen LogP contribution >= 0.6 is 0 Å². The first kappa shape index (κ1) is 19.9. The molecule has 0 unspecified atom stereocenters. The molecule has 3 aromatic rings. The first-order chi connectivity index (χ1) is 14.7. The molecule has 0 amide bonds. The first-order valence-electron chi connectivity index (χ1n) is 10.2. The van der Waals surface area contributed by atoms with Gasteiger partial charge in [0.05, 0.1) is 0 Å². The molecule has 30 heavy (non-hydrogen) atoms. The molecule has 0 aliphatic carbocycles. The number of carbonyl (C=O) groups excluding carboxylic acids is 1. The van der Waals surface area contributed by atoms with Crippen LogP contribution in [0.4, 0.5) is 17.7 Å². The smallest absolute Gasteiger partial charge is 0.233 e. The second kappa shape index (κ2) is 9.41. The van der Waals surface area contributed by atoms with Crippen LogP contribution in [0.5, 0.6) is 0 Å². The van der Waals surface area contributed by atoms with Gasteiger partial charge in [-0.1, -0.05) is 37.3 Å². The highest BCUT2D eigenvalue weighted by Crippen LogP contribution is 2.17. The number of aryl methyl sites for hydroxylation is 1. The maximum absolute atomic E-state index is 12.7. The van der Waals surface area contributed by atoms with Gasteiger partial charge in [0.15, 0.2) is 5.78 Å². The highest BCUT2D eigenvalue weighted by Gasteiger charge is 2.16. The summed E-state index contributed by atoms with van der Waals surface area (Å²) in [5, 5.41) is 6.48. The van der Waals surface area contributed by atoms with E-state index in [0.29, 0.717) is 36.1 Å². The predicted octanol–water partition coefficient (Wildman–Crippen LogP) is 2.41.